The third-order valence-corrected chi connectivity index (χ3v) is 5.34. The largest absolute Gasteiger partial charge is 0.352 e. The van der Waals surface area contributed by atoms with Crippen molar-refractivity contribution in [3.63, 3.8) is 0 Å². The molecular formula is C20H29IN4OS. The highest BCUT2D eigenvalue weighted by molar-refractivity contribution is 14.0. The van der Waals surface area contributed by atoms with E-state index in [2.05, 4.69) is 34.0 Å². The van der Waals surface area contributed by atoms with Crippen molar-refractivity contribution in [1.82, 2.24) is 15.5 Å². The Morgan fingerprint density at radius 1 is 1.07 bits per heavy atom. The number of carbonyl (C=O) groups excluding carboxylic acids is 1. The van der Waals surface area contributed by atoms with E-state index in [0.29, 0.717) is 6.54 Å². The molecule has 0 fully saturated rings. The minimum Gasteiger partial charge on any atom is -0.352 e. The van der Waals surface area contributed by atoms with Crippen LogP contribution in [0.5, 0.6) is 0 Å². The van der Waals surface area contributed by atoms with E-state index in [1.807, 2.05) is 43.0 Å². The van der Waals surface area contributed by atoms with Crippen molar-refractivity contribution < 1.29 is 4.79 Å². The van der Waals surface area contributed by atoms with Gasteiger partial charge in [0.05, 0.1) is 6.54 Å². The van der Waals surface area contributed by atoms with E-state index in [9.17, 15) is 4.79 Å². The summed E-state index contributed by atoms with van der Waals surface area (Å²) < 4.78 is 0. The summed E-state index contributed by atoms with van der Waals surface area (Å²) in [4.78, 5) is 19.7. The second-order valence-corrected chi connectivity index (χ2v) is 6.98. The van der Waals surface area contributed by atoms with Crippen molar-refractivity contribution in [2.75, 3.05) is 20.1 Å². The second-order valence-electron chi connectivity index (χ2n) is 5.98. The molecule has 1 aromatic heterocycles. The van der Waals surface area contributed by atoms with E-state index < -0.39 is 0 Å². The van der Waals surface area contributed by atoms with Gasteiger partial charge in [0.25, 0.3) is 5.91 Å². The van der Waals surface area contributed by atoms with Crippen LogP contribution in [0.4, 0.5) is 0 Å². The number of aliphatic imine (C=N–C) groups is 1. The van der Waals surface area contributed by atoms with Crippen LogP contribution in [0.1, 0.15) is 40.2 Å². The van der Waals surface area contributed by atoms with Gasteiger partial charge in [-0.1, -0.05) is 12.1 Å². The van der Waals surface area contributed by atoms with Gasteiger partial charge < -0.3 is 15.5 Å². The summed E-state index contributed by atoms with van der Waals surface area (Å²) in [5.74, 6) is 0.847. The molecule has 0 radical (unpaired) electrons. The average Bonchev–Trinajstić information content (AvgIpc) is 3.08. The Labute approximate surface area is 183 Å². The predicted molar refractivity (Wildman–Crippen MR) is 125 cm³/mol. The summed E-state index contributed by atoms with van der Waals surface area (Å²) >= 11 is 1.75. The molecule has 0 saturated carbocycles. The van der Waals surface area contributed by atoms with Crippen LogP contribution in [-0.4, -0.2) is 36.9 Å². The van der Waals surface area contributed by atoms with E-state index in [1.54, 1.807) is 18.4 Å². The molecule has 2 N–H and O–H groups in total. The highest BCUT2D eigenvalue weighted by Gasteiger charge is 2.11. The van der Waals surface area contributed by atoms with Gasteiger partial charge in [0.2, 0.25) is 0 Å². The maximum absolute atomic E-state index is 12.3. The van der Waals surface area contributed by atoms with Crippen LogP contribution in [0.25, 0.3) is 0 Å². The Hall–Kier alpha value is -1.61. The Balaban J connectivity index is 0.00000364. The molecule has 1 aromatic carbocycles. The first-order chi connectivity index (χ1) is 12.6. The third kappa shape index (κ3) is 6.80. The molecule has 0 aliphatic carbocycles. The second kappa shape index (κ2) is 12.0. The van der Waals surface area contributed by atoms with Crippen LogP contribution in [0, 0.1) is 6.92 Å². The zero-order valence-corrected chi connectivity index (χ0v) is 19.6. The molecule has 1 amide bonds. The van der Waals surface area contributed by atoms with Gasteiger partial charge in [-0.15, -0.1) is 35.3 Å². The molecule has 27 heavy (non-hydrogen) atoms. The van der Waals surface area contributed by atoms with Gasteiger partial charge in [-0.05, 0) is 55.5 Å². The number of hydrogen-bond acceptors (Lipinski definition) is 3. The van der Waals surface area contributed by atoms with Gasteiger partial charge in [-0.2, -0.15) is 0 Å². The van der Waals surface area contributed by atoms with E-state index in [4.69, 9.17) is 0 Å². The Morgan fingerprint density at radius 3 is 2.22 bits per heavy atom. The lowest BCUT2D eigenvalue weighted by molar-refractivity contribution is 0.0773. The molecule has 2 aromatic rings. The lowest BCUT2D eigenvalue weighted by Crippen LogP contribution is -2.36. The third-order valence-electron chi connectivity index (χ3n) is 4.32. The molecule has 2 rings (SSSR count). The van der Waals surface area contributed by atoms with Crippen molar-refractivity contribution in [1.29, 1.82) is 0 Å². The number of halogens is 1. The van der Waals surface area contributed by atoms with Crippen LogP contribution < -0.4 is 10.6 Å². The number of thiophene rings is 1. The first kappa shape index (κ1) is 23.4. The molecule has 1 heterocycles. The Morgan fingerprint density at radius 2 is 1.70 bits per heavy atom. The fourth-order valence-corrected chi connectivity index (χ4v) is 3.46. The summed E-state index contributed by atoms with van der Waals surface area (Å²) in [7, 11) is 1.77. The Kier molecular flexibility index (Phi) is 10.4. The summed E-state index contributed by atoms with van der Waals surface area (Å²) in [6, 6.07) is 9.88. The minimum atomic E-state index is 0. The number of nitrogens with zero attached hydrogens (tertiary/aromatic N) is 2. The van der Waals surface area contributed by atoms with Gasteiger partial charge in [0.15, 0.2) is 5.96 Å². The molecule has 0 saturated heterocycles. The zero-order valence-electron chi connectivity index (χ0n) is 16.4. The molecule has 7 heteroatoms. The van der Waals surface area contributed by atoms with Crippen molar-refractivity contribution >= 4 is 47.2 Å². The normalized spacial score (nSPS) is 10.9. The van der Waals surface area contributed by atoms with Crippen molar-refractivity contribution in [2.45, 2.75) is 33.9 Å². The van der Waals surface area contributed by atoms with Crippen LogP contribution in [0.15, 0.2) is 40.7 Å². The van der Waals surface area contributed by atoms with Gasteiger partial charge in [-0.3, -0.25) is 9.79 Å². The first-order valence-electron chi connectivity index (χ1n) is 8.94. The zero-order chi connectivity index (χ0) is 18.9. The number of amides is 1. The smallest absolute Gasteiger partial charge is 0.253 e. The molecule has 0 atom stereocenters. The van der Waals surface area contributed by atoms with E-state index >= 15 is 0 Å². The van der Waals surface area contributed by atoms with Crippen LogP contribution in [0.3, 0.4) is 0 Å². The molecule has 0 unspecified atom stereocenters. The Bertz CT molecular complexity index is 739. The predicted octanol–water partition coefficient (Wildman–Crippen LogP) is 4.02. The van der Waals surface area contributed by atoms with Crippen molar-refractivity contribution in [3.05, 3.63) is 57.3 Å². The van der Waals surface area contributed by atoms with Crippen LogP contribution >= 0.6 is 35.3 Å². The number of rotatable bonds is 7. The van der Waals surface area contributed by atoms with Crippen LogP contribution in [-0.2, 0) is 13.1 Å². The van der Waals surface area contributed by atoms with Gasteiger partial charge in [0, 0.05) is 37.1 Å². The maximum atomic E-state index is 12.3. The molecule has 0 bridgehead atoms. The van der Waals surface area contributed by atoms with E-state index in [-0.39, 0.29) is 29.9 Å². The fourth-order valence-electron chi connectivity index (χ4n) is 2.61. The topological polar surface area (TPSA) is 56.7 Å². The first-order valence-corrected chi connectivity index (χ1v) is 9.82. The fraction of sp³-hybridized carbons (Fsp3) is 0.400. The number of benzene rings is 1. The lowest BCUT2D eigenvalue weighted by Gasteiger charge is -2.18. The highest BCUT2D eigenvalue weighted by atomic mass is 127. The summed E-state index contributed by atoms with van der Waals surface area (Å²) in [6.45, 7) is 8.98. The monoisotopic (exact) mass is 500 g/mol. The number of hydrogen-bond donors (Lipinski definition) is 2. The van der Waals surface area contributed by atoms with E-state index in [1.165, 1.54) is 10.4 Å². The number of nitrogens with one attached hydrogen (secondary N) is 2. The maximum Gasteiger partial charge on any atom is 0.253 e. The SMILES string of the molecule is CCN(CC)C(=O)c1ccc(CNC(=NC)NCc2sccc2C)cc1.I. The summed E-state index contributed by atoms with van der Waals surface area (Å²) in [5.41, 5.74) is 3.14. The van der Waals surface area contributed by atoms with Gasteiger partial charge >= 0.3 is 0 Å². The quantitative estimate of drug-likeness (QED) is 0.343. The number of guanidine groups is 1. The number of carbonyl (C=O) groups is 1. The summed E-state index contributed by atoms with van der Waals surface area (Å²) in [6.07, 6.45) is 0. The molecule has 0 aliphatic heterocycles. The summed E-state index contributed by atoms with van der Waals surface area (Å²) in [5, 5.41) is 8.74. The molecule has 5 nitrogen and oxygen atoms in total. The van der Waals surface area contributed by atoms with Crippen LogP contribution in [0.2, 0.25) is 0 Å². The molecule has 148 valence electrons. The highest BCUT2D eigenvalue weighted by Crippen LogP contribution is 2.14. The van der Waals surface area contributed by atoms with Crippen molar-refractivity contribution in [2.24, 2.45) is 4.99 Å². The molecule has 0 spiro atoms. The van der Waals surface area contributed by atoms with Gasteiger partial charge in [0.1, 0.15) is 0 Å². The van der Waals surface area contributed by atoms with E-state index in [0.717, 1.165) is 36.7 Å². The number of aryl methyl sites for hydroxylation is 1. The lowest BCUT2D eigenvalue weighted by atomic mass is 10.1. The molecule has 0 aliphatic rings. The minimum absolute atomic E-state index is 0. The van der Waals surface area contributed by atoms with Gasteiger partial charge in [-0.25, -0.2) is 0 Å². The average molecular weight is 500 g/mol. The molecular weight excluding hydrogens is 471 g/mol. The van der Waals surface area contributed by atoms with Crippen molar-refractivity contribution in [3.8, 4) is 0 Å². The standard InChI is InChI=1S/C20H28N4OS.HI/c1-5-24(6-2)19(25)17-9-7-16(8-10-17)13-22-20(21-4)23-14-18-15(3)11-12-26-18;/h7-12H,5-6,13-14H2,1-4H3,(H2,21,22,23);1H.